The van der Waals surface area contributed by atoms with E-state index in [1.165, 1.54) is 13.8 Å². The zero-order valence-corrected chi connectivity index (χ0v) is 30.8. The molecule has 55 heavy (non-hydrogen) atoms. The van der Waals surface area contributed by atoms with E-state index in [1.54, 1.807) is 0 Å². The summed E-state index contributed by atoms with van der Waals surface area (Å²) < 4.78 is 0. The topological polar surface area (TPSA) is 85.7 Å². The Morgan fingerprint density at radius 1 is 0.345 bits per heavy atom. The van der Waals surface area contributed by atoms with Crippen LogP contribution in [0.4, 0.5) is 0 Å². The van der Waals surface area contributed by atoms with E-state index in [0.29, 0.717) is 0 Å². The van der Waals surface area contributed by atoms with Gasteiger partial charge in [0.1, 0.15) is 11.6 Å². The number of Topliss-reactive ketones (excluding diaryl/α,β-unsaturated/α-hetero) is 2. The maximum absolute atomic E-state index is 10.0. The Labute approximate surface area is 322 Å². The second-order valence-corrected chi connectivity index (χ2v) is 12.7. The van der Waals surface area contributed by atoms with Crippen LogP contribution < -0.4 is 0 Å². The van der Waals surface area contributed by atoms with Crippen LogP contribution in [0, 0.1) is 0 Å². The molecule has 0 bridgehead atoms. The largest absolute Gasteiger partial charge is 0.300 e. The van der Waals surface area contributed by atoms with E-state index in [4.69, 9.17) is 19.9 Å². The number of nitrogens with zero attached hydrogens (tertiary/aromatic N) is 4. The molecule has 0 aliphatic heterocycles. The Hall–Kier alpha value is -7.18. The van der Waals surface area contributed by atoms with Gasteiger partial charge in [-0.3, -0.25) is 19.6 Å². The molecule has 0 atom stereocenters. The van der Waals surface area contributed by atoms with Gasteiger partial charge in [-0.25, -0.2) is 9.97 Å². The number of carbonyl (C=O) groups is 2. The highest BCUT2D eigenvalue weighted by molar-refractivity contribution is 5.96. The van der Waals surface area contributed by atoms with Crippen LogP contribution in [0.25, 0.3) is 67.5 Å². The Kier molecular flexibility index (Phi) is 13.0. The van der Waals surface area contributed by atoms with Crippen LogP contribution in [-0.4, -0.2) is 31.5 Å². The van der Waals surface area contributed by atoms with E-state index in [0.717, 1.165) is 67.5 Å². The van der Waals surface area contributed by atoms with Gasteiger partial charge >= 0.3 is 0 Å². The van der Waals surface area contributed by atoms with Crippen molar-refractivity contribution in [3.05, 3.63) is 194 Å². The highest BCUT2D eigenvalue weighted by Gasteiger charge is 2.14. The third-order valence-electron chi connectivity index (χ3n) is 8.37. The third-order valence-corrected chi connectivity index (χ3v) is 8.37. The van der Waals surface area contributed by atoms with Crippen molar-refractivity contribution in [3.63, 3.8) is 0 Å². The van der Waals surface area contributed by atoms with Gasteiger partial charge in [-0.1, -0.05) is 182 Å². The molecule has 2 heterocycles. The van der Waals surface area contributed by atoms with Crippen LogP contribution in [0.3, 0.4) is 0 Å². The lowest BCUT2D eigenvalue weighted by Gasteiger charge is -2.11. The first-order valence-electron chi connectivity index (χ1n) is 18.0. The average molecular weight is 717 g/mol. The summed E-state index contributed by atoms with van der Waals surface area (Å²) in [5, 5.41) is 0. The second kappa shape index (κ2) is 19.1. The van der Waals surface area contributed by atoms with Gasteiger partial charge in [0.05, 0.1) is 53.0 Å². The molecule has 0 aliphatic rings. The molecule has 8 aromatic rings. The summed E-state index contributed by atoms with van der Waals surface area (Å²) >= 11 is 0. The molecule has 6 aromatic carbocycles. The Bertz CT molecular complexity index is 2250. The Morgan fingerprint density at radius 3 is 0.818 bits per heavy atom. The molecule has 0 saturated carbocycles. The van der Waals surface area contributed by atoms with Gasteiger partial charge in [0, 0.05) is 33.4 Å². The van der Waals surface area contributed by atoms with Crippen molar-refractivity contribution in [2.24, 2.45) is 0 Å². The van der Waals surface area contributed by atoms with Crippen LogP contribution >= 0.6 is 0 Å². The molecule has 2 aromatic heterocycles. The van der Waals surface area contributed by atoms with Gasteiger partial charge in [-0.2, -0.15) is 0 Å². The van der Waals surface area contributed by atoms with Crippen molar-refractivity contribution in [2.75, 3.05) is 0 Å². The van der Waals surface area contributed by atoms with Crippen molar-refractivity contribution in [2.45, 2.75) is 20.3 Å². The van der Waals surface area contributed by atoms with Crippen molar-refractivity contribution < 1.29 is 9.59 Å². The molecule has 268 valence electrons. The zero-order chi connectivity index (χ0) is 38.2. The molecular formula is C49H40N4O2. The molecule has 6 nitrogen and oxygen atoms in total. The monoisotopic (exact) mass is 716 g/mol. The Morgan fingerprint density at radius 2 is 0.582 bits per heavy atom. The van der Waals surface area contributed by atoms with Crippen LogP contribution in [-0.2, 0) is 9.59 Å². The molecule has 8 rings (SSSR count). The van der Waals surface area contributed by atoms with Crippen molar-refractivity contribution in [3.8, 4) is 67.5 Å². The number of aromatic nitrogens is 4. The highest BCUT2D eigenvalue weighted by Crippen LogP contribution is 2.32. The minimum Gasteiger partial charge on any atom is -0.300 e. The standard InChI is InChI=1S/2C22H16N2.C5H8O2/c2*1-4-10-17(11-5-1)20-16-23-21(18-12-6-2-7-13-18)22(24-20)19-14-8-3-9-15-19;1-4(6)3-5(2)7/h2*1-16H;3H2,1-2H3. The molecule has 0 unspecified atom stereocenters. The van der Waals surface area contributed by atoms with Crippen molar-refractivity contribution >= 4 is 11.6 Å². The van der Waals surface area contributed by atoms with Crippen molar-refractivity contribution in [1.82, 2.24) is 19.9 Å². The number of carbonyl (C=O) groups excluding carboxylic acids is 2. The maximum atomic E-state index is 10.0. The fourth-order valence-electron chi connectivity index (χ4n) is 5.83. The first-order valence-corrected chi connectivity index (χ1v) is 18.0. The smallest absolute Gasteiger partial charge is 0.137 e. The minimum absolute atomic E-state index is 0.0625. The average Bonchev–Trinajstić information content (AvgIpc) is 3.25. The van der Waals surface area contributed by atoms with E-state index in [1.807, 2.05) is 122 Å². The number of hydrogen-bond acceptors (Lipinski definition) is 6. The summed E-state index contributed by atoms with van der Waals surface area (Å²) in [4.78, 5) is 39.4. The van der Waals surface area contributed by atoms with Gasteiger partial charge in [0.2, 0.25) is 0 Å². The maximum Gasteiger partial charge on any atom is 0.137 e. The molecule has 0 fully saturated rings. The fourth-order valence-corrected chi connectivity index (χ4v) is 5.83. The summed E-state index contributed by atoms with van der Waals surface area (Å²) in [6.45, 7) is 2.81. The van der Waals surface area contributed by atoms with Gasteiger partial charge < -0.3 is 0 Å². The SMILES string of the molecule is CC(=O)CC(C)=O.c1ccc(-c2cnc(-c3ccccc3)c(-c3ccccc3)n2)cc1.c1ccc(-c2cnc(-c3ccccc3)c(-c3ccccc3)n2)cc1. The summed E-state index contributed by atoms with van der Waals surface area (Å²) in [6.07, 6.45) is 3.79. The number of rotatable bonds is 8. The molecule has 0 saturated heterocycles. The lowest BCUT2D eigenvalue weighted by Crippen LogP contribution is -1.97. The normalized spacial score (nSPS) is 10.2. The quantitative estimate of drug-likeness (QED) is 0.146. The van der Waals surface area contributed by atoms with E-state index in [9.17, 15) is 9.59 Å². The predicted octanol–water partition coefficient (Wildman–Crippen LogP) is 11.5. The fraction of sp³-hybridized carbons (Fsp3) is 0.0612. The predicted molar refractivity (Wildman–Crippen MR) is 223 cm³/mol. The van der Waals surface area contributed by atoms with E-state index >= 15 is 0 Å². The molecule has 6 heteroatoms. The van der Waals surface area contributed by atoms with E-state index in [-0.39, 0.29) is 18.0 Å². The summed E-state index contributed by atoms with van der Waals surface area (Å²) in [5.41, 5.74) is 11.8. The first-order chi connectivity index (χ1) is 27.0. The van der Waals surface area contributed by atoms with Crippen LogP contribution in [0.2, 0.25) is 0 Å². The van der Waals surface area contributed by atoms with E-state index < -0.39 is 0 Å². The molecular weight excluding hydrogens is 677 g/mol. The van der Waals surface area contributed by atoms with E-state index in [2.05, 4.69) is 72.8 Å². The lowest BCUT2D eigenvalue weighted by molar-refractivity contribution is -0.124. The number of benzene rings is 6. The van der Waals surface area contributed by atoms with Gasteiger partial charge in [-0.05, 0) is 13.8 Å². The first kappa shape index (κ1) is 37.6. The lowest BCUT2D eigenvalue weighted by atomic mass is 10.0. The summed E-state index contributed by atoms with van der Waals surface area (Å²) in [7, 11) is 0. The second-order valence-electron chi connectivity index (χ2n) is 12.7. The number of ketones is 2. The summed E-state index contributed by atoms with van der Waals surface area (Å²) in [6, 6.07) is 61.1. The van der Waals surface area contributed by atoms with Crippen LogP contribution in [0.5, 0.6) is 0 Å². The zero-order valence-electron chi connectivity index (χ0n) is 30.8. The van der Waals surface area contributed by atoms with Crippen molar-refractivity contribution in [1.29, 1.82) is 0 Å². The van der Waals surface area contributed by atoms with Gasteiger partial charge in [0.25, 0.3) is 0 Å². The highest BCUT2D eigenvalue weighted by atomic mass is 16.1. The molecule has 0 N–H and O–H groups in total. The molecule has 0 spiro atoms. The Balaban J connectivity index is 0.000000160. The third kappa shape index (κ3) is 10.5. The van der Waals surface area contributed by atoms with Gasteiger partial charge in [-0.15, -0.1) is 0 Å². The molecule has 0 aliphatic carbocycles. The van der Waals surface area contributed by atoms with Crippen LogP contribution in [0.1, 0.15) is 20.3 Å². The molecule has 0 radical (unpaired) electrons. The van der Waals surface area contributed by atoms with Gasteiger partial charge in [0.15, 0.2) is 0 Å². The minimum atomic E-state index is -0.0625. The summed E-state index contributed by atoms with van der Waals surface area (Å²) in [5.74, 6) is -0.125. The number of hydrogen-bond donors (Lipinski definition) is 0. The molecule has 0 amide bonds. The van der Waals surface area contributed by atoms with Crippen LogP contribution in [0.15, 0.2) is 194 Å².